The zero-order chi connectivity index (χ0) is 29.8. The second-order valence-electron chi connectivity index (χ2n) is 12.0. The van der Waals surface area contributed by atoms with Gasteiger partial charge in [-0.15, -0.1) is 0 Å². The number of unbranched alkanes of at least 4 members (excludes halogenated alkanes) is 26. The topological polar surface area (TPSA) is 58.2 Å². The summed E-state index contributed by atoms with van der Waals surface area (Å²) in [7, 11) is 3.43. The molecule has 0 saturated carbocycles. The number of hydrogen-bond acceptors (Lipinski definition) is 2. The van der Waals surface area contributed by atoms with Gasteiger partial charge in [0.25, 0.3) is 0 Å². The lowest BCUT2D eigenvalue weighted by molar-refractivity contribution is -0.121. The molecule has 2 amide bonds. The predicted molar refractivity (Wildman–Crippen MR) is 178 cm³/mol. The minimum atomic E-state index is 0.183. The molecule has 0 aliphatic rings. The molecule has 0 atom stereocenters. The molecule has 4 heteroatoms. The Hall–Kier alpha value is -1.06. The van der Waals surface area contributed by atoms with E-state index < -0.39 is 0 Å². The van der Waals surface area contributed by atoms with Gasteiger partial charge in [-0.05, 0) is 12.8 Å². The molecule has 0 fully saturated rings. The van der Waals surface area contributed by atoms with Crippen LogP contribution in [0.2, 0.25) is 0 Å². The van der Waals surface area contributed by atoms with E-state index in [1.165, 1.54) is 167 Å². The highest BCUT2D eigenvalue weighted by Crippen LogP contribution is 2.14. The van der Waals surface area contributed by atoms with Crippen molar-refractivity contribution in [3.05, 3.63) is 0 Å². The van der Waals surface area contributed by atoms with Crippen LogP contribution in [0.1, 0.15) is 206 Å². The van der Waals surface area contributed by atoms with Crippen molar-refractivity contribution in [2.75, 3.05) is 14.1 Å². The van der Waals surface area contributed by atoms with Crippen molar-refractivity contribution in [1.29, 1.82) is 0 Å². The molecule has 0 saturated heterocycles. The Kier molecular flexibility index (Phi) is 39.0. The summed E-state index contributed by atoms with van der Waals surface area (Å²) in [5.41, 5.74) is 0. The summed E-state index contributed by atoms with van der Waals surface area (Å²) < 4.78 is 0. The molecule has 40 heavy (non-hydrogen) atoms. The Bertz CT molecular complexity index is 495. The summed E-state index contributed by atoms with van der Waals surface area (Å²) in [6.45, 7) is 4.55. The fraction of sp³-hybridized carbons (Fsp3) is 0.944. The van der Waals surface area contributed by atoms with Gasteiger partial charge in [0, 0.05) is 26.9 Å². The van der Waals surface area contributed by atoms with E-state index in [9.17, 15) is 9.59 Å². The van der Waals surface area contributed by atoms with Crippen LogP contribution in [0, 0.1) is 0 Å². The summed E-state index contributed by atoms with van der Waals surface area (Å²) in [5.74, 6) is 0.368. The summed E-state index contributed by atoms with van der Waals surface area (Å²) in [6.07, 6.45) is 39.6. The maximum atomic E-state index is 11.0. The third kappa shape index (κ3) is 39.1. The lowest BCUT2D eigenvalue weighted by Crippen LogP contribution is -2.16. The molecule has 0 heterocycles. The van der Waals surface area contributed by atoms with Crippen LogP contribution in [0.15, 0.2) is 0 Å². The van der Waals surface area contributed by atoms with Gasteiger partial charge in [-0.3, -0.25) is 9.59 Å². The third-order valence-electron chi connectivity index (χ3n) is 8.07. The van der Waals surface area contributed by atoms with Gasteiger partial charge in [0.05, 0.1) is 0 Å². The average Bonchev–Trinajstić information content (AvgIpc) is 2.97. The van der Waals surface area contributed by atoms with Gasteiger partial charge >= 0.3 is 0 Å². The smallest absolute Gasteiger partial charge is 0.219 e. The first-order valence-electron chi connectivity index (χ1n) is 18.0. The first-order valence-corrected chi connectivity index (χ1v) is 18.0. The van der Waals surface area contributed by atoms with Gasteiger partial charge in [-0.1, -0.05) is 181 Å². The van der Waals surface area contributed by atoms with Gasteiger partial charge < -0.3 is 10.6 Å². The van der Waals surface area contributed by atoms with Crippen LogP contribution >= 0.6 is 0 Å². The zero-order valence-corrected chi connectivity index (χ0v) is 28.0. The van der Waals surface area contributed by atoms with Crippen molar-refractivity contribution in [2.45, 2.75) is 206 Å². The van der Waals surface area contributed by atoms with Gasteiger partial charge in [-0.2, -0.15) is 0 Å². The predicted octanol–water partition coefficient (Wildman–Crippen LogP) is 11.2. The molecule has 0 rings (SSSR count). The van der Waals surface area contributed by atoms with Crippen molar-refractivity contribution in [3.8, 4) is 0 Å². The molecule has 0 aromatic heterocycles. The number of amides is 2. The van der Waals surface area contributed by atoms with Gasteiger partial charge in [0.1, 0.15) is 0 Å². The van der Waals surface area contributed by atoms with Crippen molar-refractivity contribution in [3.63, 3.8) is 0 Å². The fourth-order valence-corrected chi connectivity index (χ4v) is 5.21. The van der Waals surface area contributed by atoms with E-state index in [1.807, 2.05) is 0 Å². The minimum absolute atomic E-state index is 0.183. The monoisotopic (exact) mass is 567 g/mol. The maximum Gasteiger partial charge on any atom is 0.219 e. The molecule has 0 aliphatic carbocycles. The molecular formula is C36H74N2O2. The van der Waals surface area contributed by atoms with Crippen LogP contribution in [0.5, 0.6) is 0 Å². The Balaban J connectivity index is 0. The molecule has 0 aromatic carbocycles. The highest BCUT2D eigenvalue weighted by molar-refractivity contribution is 5.75. The fourth-order valence-electron chi connectivity index (χ4n) is 5.21. The summed E-state index contributed by atoms with van der Waals surface area (Å²) >= 11 is 0. The Morgan fingerprint density at radius 1 is 0.325 bits per heavy atom. The van der Waals surface area contributed by atoms with E-state index in [-0.39, 0.29) is 11.8 Å². The average molecular weight is 567 g/mol. The van der Waals surface area contributed by atoms with E-state index >= 15 is 0 Å². The van der Waals surface area contributed by atoms with E-state index in [4.69, 9.17) is 0 Å². The number of hydrogen-bond donors (Lipinski definition) is 2. The van der Waals surface area contributed by atoms with Crippen LogP contribution < -0.4 is 10.6 Å². The normalized spacial score (nSPS) is 10.7. The van der Waals surface area contributed by atoms with Crippen LogP contribution in [0.3, 0.4) is 0 Å². The largest absolute Gasteiger partial charge is 0.359 e. The molecule has 0 bridgehead atoms. The van der Waals surface area contributed by atoms with Crippen molar-refractivity contribution < 1.29 is 9.59 Å². The molecule has 2 N–H and O–H groups in total. The van der Waals surface area contributed by atoms with Gasteiger partial charge in [-0.25, -0.2) is 0 Å². The zero-order valence-electron chi connectivity index (χ0n) is 28.0. The summed E-state index contributed by atoms with van der Waals surface area (Å²) in [6, 6.07) is 0. The minimum Gasteiger partial charge on any atom is -0.359 e. The Morgan fingerprint density at radius 2 is 0.500 bits per heavy atom. The van der Waals surface area contributed by atoms with Crippen LogP contribution in [0.4, 0.5) is 0 Å². The maximum absolute atomic E-state index is 11.0. The molecule has 4 nitrogen and oxygen atoms in total. The van der Waals surface area contributed by atoms with Crippen LogP contribution in [-0.4, -0.2) is 25.9 Å². The van der Waals surface area contributed by atoms with Gasteiger partial charge in [0.2, 0.25) is 11.8 Å². The molecular weight excluding hydrogens is 492 g/mol. The molecule has 0 aliphatic heterocycles. The standard InChI is InChI=1S/C19H39NO.C17H35NO/c1-3-4-5-6-7-8-9-10-11-12-13-14-15-16-17-18-19(21)20-2;1-3-4-5-6-7-8-9-10-11-12-13-14-15-16-17(19)18-2/h3-18H2,1-2H3,(H,20,21);3-16H2,1-2H3,(H,18,19). The van der Waals surface area contributed by atoms with E-state index in [0.29, 0.717) is 12.8 Å². The second kappa shape index (κ2) is 37.9. The van der Waals surface area contributed by atoms with E-state index in [0.717, 1.165) is 12.8 Å². The number of nitrogens with one attached hydrogen (secondary N) is 2. The van der Waals surface area contributed by atoms with Gasteiger partial charge in [0.15, 0.2) is 0 Å². The van der Waals surface area contributed by atoms with E-state index in [2.05, 4.69) is 24.5 Å². The molecule has 0 radical (unpaired) electrons. The number of carbonyl (C=O) groups excluding carboxylic acids is 2. The third-order valence-corrected chi connectivity index (χ3v) is 8.07. The van der Waals surface area contributed by atoms with Crippen molar-refractivity contribution in [2.24, 2.45) is 0 Å². The molecule has 240 valence electrons. The first-order chi connectivity index (χ1) is 19.6. The first kappa shape index (κ1) is 41.1. The highest BCUT2D eigenvalue weighted by Gasteiger charge is 1.99. The molecule has 0 unspecified atom stereocenters. The lowest BCUT2D eigenvalue weighted by Gasteiger charge is -2.03. The quantitative estimate of drug-likeness (QED) is 0.0849. The van der Waals surface area contributed by atoms with Crippen LogP contribution in [0.25, 0.3) is 0 Å². The SMILES string of the molecule is CCCCCCCCCCCCCCCC(=O)NC.CCCCCCCCCCCCCCCCCC(=O)NC. The van der Waals surface area contributed by atoms with Crippen molar-refractivity contribution >= 4 is 11.8 Å². The second-order valence-corrected chi connectivity index (χ2v) is 12.0. The molecule has 0 aromatic rings. The lowest BCUT2D eigenvalue weighted by atomic mass is 10.0. The number of rotatable bonds is 30. The van der Waals surface area contributed by atoms with Crippen molar-refractivity contribution in [1.82, 2.24) is 10.6 Å². The summed E-state index contributed by atoms with van der Waals surface area (Å²) in [5, 5.41) is 5.35. The molecule has 0 spiro atoms. The van der Waals surface area contributed by atoms with E-state index in [1.54, 1.807) is 14.1 Å². The summed E-state index contributed by atoms with van der Waals surface area (Å²) in [4.78, 5) is 22.0. The highest BCUT2D eigenvalue weighted by atomic mass is 16.2. The Labute approximate surface area is 252 Å². The van der Waals surface area contributed by atoms with Crippen LogP contribution in [-0.2, 0) is 9.59 Å². The number of carbonyl (C=O) groups is 2. The Morgan fingerprint density at radius 3 is 0.675 bits per heavy atom.